The van der Waals surface area contributed by atoms with Crippen molar-refractivity contribution in [3.8, 4) is 0 Å². The first-order chi connectivity index (χ1) is 5.39. The van der Waals surface area contributed by atoms with Crippen molar-refractivity contribution >= 4 is 7.25 Å². The zero-order valence-electron chi connectivity index (χ0n) is 6.35. The van der Waals surface area contributed by atoms with E-state index >= 15 is 0 Å². The Morgan fingerprint density at radius 1 is 1.17 bits per heavy atom. The van der Waals surface area contributed by atoms with Crippen molar-refractivity contribution in [3.05, 3.63) is 30.1 Å². The molecule has 6 heteroatoms. The molecule has 1 rings (SSSR count). The summed E-state index contributed by atoms with van der Waals surface area (Å²) in [5, 5.41) is 0. The van der Waals surface area contributed by atoms with E-state index in [1.54, 1.807) is 6.20 Å². The van der Waals surface area contributed by atoms with Crippen LogP contribution in [0.3, 0.4) is 0 Å². The SMILES string of the molecule is Cc1ccccn1.F[B-](F)(F)F. The number of hydrogen-bond donors (Lipinski definition) is 0. The van der Waals surface area contributed by atoms with Gasteiger partial charge in [0.15, 0.2) is 0 Å². The van der Waals surface area contributed by atoms with E-state index in [9.17, 15) is 17.3 Å². The molecule has 0 spiro atoms. The Labute approximate surface area is 67.5 Å². The van der Waals surface area contributed by atoms with Gasteiger partial charge < -0.3 is 17.3 Å². The lowest BCUT2D eigenvalue weighted by Crippen LogP contribution is -2.02. The zero-order chi connectivity index (χ0) is 9.61. The number of hydrogen-bond acceptors (Lipinski definition) is 1. The van der Waals surface area contributed by atoms with Gasteiger partial charge in [-0.15, -0.1) is 0 Å². The van der Waals surface area contributed by atoms with Crippen molar-refractivity contribution in [2.75, 3.05) is 0 Å². The average molecular weight is 180 g/mol. The number of aromatic nitrogens is 1. The van der Waals surface area contributed by atoms with Gasteiger partial charge in [0.1, 0.15) is 0 Å². The number of aryl methyl sites for hydroxylation is 1. The second kappa shape index (κ2) is 4.74. The maximum absolute atomic E-state index is 9.75. The normalized spacial score (nSPS) is 10.1. The molecule has 0 aliphatic heterocycles. The third-order valence-corrected chi connectivity index (χ3v) is 0.813. The summed E-state index contributed by atoms with van der Waals surface area (Å²) in [5.74, 6) is 0. The molecule has 1 nitrogen and oxygen atoms in total. The molecule has 0 atom stereocenters. The van der Waals surface area contributed by atoms with E-state index in [-0.39, 0.29) is 0 Å². The fraction of sp³-hybridized carbons (Fsp3) is 0.167. The Morgan fingerprint density at radius 2 is 1.67 bits per heavy atom. The lowest BCUT2D eigenvalue weighted by molar-refractivity contribution is 0.368. The molecule has 0 N–H and O–H groups in total. The van der Waals surface area contributed by atoms with Crippen molar-refractivity contribution in [2.45, 2.75) is 6.92 Å². The van der Waals surface area contributed by atoms with Gasteiger partial charge in [-0.1, -0.05) is 6.07 Å². The van der Waals surface area contributed by atoms with E-state index in [0.29, 0.717) is 0 Å². The highest BCUT2D eigenvalue weighted by molar-refractivity contribution is 6.50. The molecule has 0 saturated heterocycles. The van der Waals surface area contributed by atoms with Gasteiger partial charge in [-0.05, 0) is 19.1 Å². The van der Waals surface area contributed by atoms with E-state index in [1.165, 1.54) is 0 Å². The standard InChI is InChI=1S/C6H7N.BF4/c1-6-4-2-3-5-7-6;2-1(3,4)5/h2-5H,1H3;/q;-1. The minimum atomic E-state index is -6.00. The first kappa shape index (κ1) is 10.9. The average Bonchev–Trinajstić information content (AvgIpc) is 1.85. The van der Waals surface area contributed by atoms with Crippen LogP contribution >= 0.6 is 0 Å². The molecule has 0 aliphatic carbocycles. The van der Waals surface area contributed by atoms with Crippen molar-refractivity contribution < 1.29 is 17.3 Å². The minimum Gasteiger partial charge on any atom is -0.418 e. The van der Waals surface area contributed by atoms with E-state index in [4.69, 9.17) is 0 Å². The van der Waals surface area contributed by atoms with Gasteiger partial charge in [0.2, 0.25) is 0 Å². The monoisotopic (exact) mass is 180 g/mol. The molecule has 0 unspecified atom stereocenters. The fourth-order valence-corrected chi connectivity index (χ4v) is 0.448. The van der Waals surface area contributed by atoms with Crippen molar-refractivity contribution in [1.82, 2.24) is 4.98 Å². The van der Waals surface area contributed by atoms with Crippen LogP contribution < -0.4 is 0 Å². The molecule has 0 fully saturated rings. The van der Waals surface area contributed by atoms with Crippen LogP contribution in [-0.4, -0.2) is 12.2 Å². The predicted molar refractivity (Wildman–Crippen MR) is 39.2 cm³/mol. The molecule has 0 aliphatic rings. The molecule has 12 heavy (non-hydrogen) atoms. The highest BCUT2D eigenvalue weighted by Gasteiger charge is 2.20. The van der Waals surface area contributed by atoms with Crippen LogP contribution in [0.1, 0.15) is 5.69 Å². The summed E-state index contributed by atoms with van der Waals surface area (Å²) in [5.41, 5.74) is 1.07. The van der Waals surface area contributed by atoms with E-state index in [0.717, 1.165) is 5.69 Å². The van der Waals surface area contributed by atoms with E-state index < -0.39 is 7.25 Å². The summed E-state index contributed by atoms with van der Waals surface area (Å²) < 4.78 is 39.0. The first-order valence-electron chi connectivity index (χ1n) is 3.14. The highest BCUT2D eigenvalue weighted by atomic mass is 19.5. The molecule has 0 saturated carbocycles. The lowest BCUT2D eigenvalue weighted by atomic mass is 10.3. The minimum absolute atomic E-state index is 1.07. The maximum Gasteiger partial charge on any atom is 0.673 e. The maximum atomic E-state index is 9.75. The summed E-state index contributed by atoms with van der Waals surface area (Å²) in [7, 11) is -6.00. The van der Waals surface area contributed by atoms with E-state index in [1.807, 2.05) is 25.1 Å². The van der Waals surface area contributed by atoms with Gasteiger partial charge in [0, 0.05) is 11.9 Å². The van der Waals surface area contributed by atoms with Gasteiger partial charge >= 0.3 is 7.25 Å². The number of nitrogens with zero attached hydrogens (tertiary/aromatic N) is 1. The van der Waals surface area contributed by atoms with Crippen LogP contribution in [0.25, 0.3) is 0 Å². The fourth-order valence-electron chi connectivity index (χ4n) is 0.448. The Balaban J connectivity index is 0.000000217. The summed E-state index contributed by atoms with van der Waals surface area (Å²) in [4.78, 5) is 3.98. The number of pyridine rings is 1. The molecule has 0 aromatic carbocycles. The van der Waals surface area contributed by atoms with Crippen molar-refractivity contribution in [3.63, 3.8) is 0 Å². The number of halogens is 4. The second-order valence-corrected chi connectivity index (χ2v) is 1.97. The van der Waals surface area contributed by atoms with Gasteiger partial charge in [0.05, 0.1) is 0 Å². The number of rotatable bonds is 0. The van der Waals surface area contributed by atoms with Gasteiger partial charge in [0.25, 0.3) is 0 Å². The van der Waals surface area contributed by atoms with Crippen molar-refractivity contribution in [2.24, 2.45) is 0 Å². The molecule has 1 aromatic rings. The summed E-state index contributed by atoms with van der Waals surface area (Å²) in [6.45, 7) is 1.97. The first-order valence-corrected chi connectivity index (χ1v) is 3.14. The van der Waals surface area contributed by atoms with E-state index in [2.05, 4.69) is 4.98 Å². The quantitative estimate of drug-likeness (QED) is 0.441. The van der Waals surface area contributed by atoms with Crippen molar-refractivity contribution in [1.29, 1.82) is 0 Å². The molecule has 0 bridgehead atoms. The lowest BCUT2D eigenvalue weighted by Gasteiger charge is -1.94. The van der Waals surface area contributed by atoms with Crippen LogP contribution in [0.5, 0.6) is 0 Å². The molecular weight excluding hydrogens is 173 g/mol. The largest absolute Gasteiger partial charge is 0.673 e. The molecule has 68 valence electrons. The highest BCUT2D eigenvalue weighted by Crippen LogP contribution is 2.06. The predicted octanol–water partition coefficient (Wildman–Crippen LogP) is 2.69. The molecular formula is C6H7BF4N-. The smallest absolute Gasteiger partial charge is 0.418 e. The molecule has 1 heterocycles. The third-order valence-electron chi connectivity index (χ3n) is 0.813. The van der Waals surface area contributed by atoms with Gasteiger partial charge in [-0.3, -0.25) is 4.98 Å². The Morgan fingerprint density at radius 3 is 1.83 bits per heavy atom. The molecule has 0 radical (unpaired) electrons. The van der Waals surface area contributed by atoms with Crippen LogP contribution in [0.2, 0.25) is 0 Å². The topological polar surface area (TPSA) is 12.9 Å². The van der Waals surface area contributed by atoms with Crippen LogP contribution in [0.15, 0.2) is 24.4 Å². The third kappa shape index (κ3) is 11.7. The van der Waals surface area contributed by atoms with Crippen LogP contribution in [-0.2, 0) is 0 Å². The summed E-state index contributed by atoms with van der Waals surface area (Å²) >= 11 is 0. The van der Waals surface area contributed by atoms with Crippen LogP contribution in [0, 0.1) is 6.92 Å². The molecule has 0 amide bonds. The van der Waals surface area contributed by atoms with Gasteiger partial charge in [-0.25, -0.2) is 0 Å². The Bertz CT molecular complexity index is 205. The second-order valence-electron chi connectivity index (χ2n) is 1.97. The Hall–Kier alpha value is -1.07. The molecule has 1 aromatic heterocycles. The summed E-state index contributed by atoms with van der Waals surface area (Å²) in [6, 6.07) is 5.86. The Kier molecular flexibility index (Phi) is 4.32. The van der Waals surface area contributed by atoms with Crippen LogP contribution in [0.4, 0.5) is 17.3 Å². The van der Waals surface area contributed by atoms with Gasteiger partial charge in [-0.2, -0.15) is 0 Å². The zero-order valence-corrected chi connectivity index (χ0v) is 6.35. The summed E-state index contributed by atoms with van der Waals surface area (Å²) in [6.07, 6.45) is 1.79.